The van der Waals surface area contributed by atoms with Crippen molar-refractivity contribution in [1.82, 2.24) is 0 Å². The van der Waals surface area contributed by atoms with Gasteiger partial charge in [0.15, 0.2) is 5.75 Å². The van der Waals surface area contributed by atoms with Crippen molar-refractivity contribution in [2.24, 2.45) is 5.41 Å². The Hall–Kier alpha value is -1.23. The summed E-state index contributed by atoms with van der Waals surface area (Å²) in [7, 11) is 0. The summed E-state index contributed by atoms with van der Waals surface area (Å²) in [6.45, 7) is 2.50. The van der Waals surface area contributed by atoms with E-state index in [-0.39, 0.29) is 16.0 Å². The molecule has 1 aromatic carbocycles. The average Bonchev–Trinajstić information content (AvgIpc) is 2.94. The first-order valence-electron chi connectivity index (χ1n) is 7.11. The largest absolute Gasteiger partial charge is 0.486 e. The van der Waals surface area contributed by atoms with Crippen molar-refractivity contribution in [1.29, 1.82) is 0 Å². The summed E-state index contributed by atoms with van der Waals surface area (Å²) in [6, 6.07) is 5.22. The zero-order valence-corrected chi connectivity index (χ0v) is 12.7. The molecule has 0 saturated heterocycles. The molecule has 0 atom stereocenters. The molecule has 1 aliphatic carbocycles. The third kappa shape index (κ3) is 3.26. The number of rotatable bonds is 6. The second kappa shape index (κ2) is 6.48. The van der Waals surface area contributed by atoms with E-state index in [4.69, 9.17) is 4.74 Å². The summed E-state index contributed by atoms with van der Waals surface area (Å²) in [5.74, 6) is 1.15. The molecule has 5 heteroatoms. The molecule has 0 N–H and O–H groups in total. The van der Waals surface area contributed by atoms with E-state index in [9.17, 15) is 10.1 Å². The number of nitro benzene ring substituents is 1. The van der Waals surface area contributed by atoms with Crippen molar-refractivity contribution < 1.29 is 9.66 Å². The fraction of sp³-hybridized carbons (Fsp3) is 0.600. The maximum absolute atomic E-state index is 11.1. The van der Waals surface area contributed by atoms with Gasteiger partial charge in [0, 0.05) is 11.5 Å². The first kappa shape index (κ1) is 15.2. The van der Waals surface area contributed by atoms with Gasteiger partial charge in [-0.25, -0.2) is 0 Å². The van der Waals surface area contributed by atoms with Gasteiger partial charge >= 0.3 is 5.69 Å². The molecule has 1 aromatic rings. The molecule has 4 nitrogen and oxygen atoms in total. The molecule has 0 amide bonds. The topological polar surface area (TPSA) is 52.4 Å². The van der Waals surface area contributed by atoms with Gasteiger partial charge < -0.3 is 4.74 Å². The van der Waals surface area contributed by atoms with Crippen LogP contribution in [-0.2, 0) is 6.42 Å². The van der Waals surface area contributed by atoms with E-state index < -0.39 is 0 Å². The lowest BCUT2D eigenvalue weighted by atomic mass is 9.90. The number of nitrogens with zero attached hydrogens (tertiary/aromatic N) is 1. The van der Waals surface area contributed by atoms with Gasteiger partial charge in [-0.1, -0.05) is 25.8 Å². The summed E-state index contributed by atoms with van der Waals surface area (Å²) < 4.78 is 5.79. The fourth-order valence-corrected chi connectivity index (χ4v) is 3.16. The molecule has 20 heavy (non-hydrogen) atoms. The summed E-state index contributed by atoms with van der Waals surface area (Å²) in [4.78, 5) is 10.8. The first-order chi connectivity index (χ1) is 9.60. The predicted octanol–water partition coefficient (Wildman–Crippen LogP) is 4.03. The second-order valence-corrected chi connectivity index (χ2v) is 5.88. The second-order valence-electron chi connectivity index (χ2n) is 5.57. The van der Waals surface area contributed by atoms with Crippen molar-refractivity contribution in [3.63, 3.8) is 0 Å². The van der Waals surface area contributed by atoms with Crippen LogP contribution in [0.3, 0.4) is 0 Å². The highest BCUT2D eigenvalue weighted by Gasteiger charge is 2.34. The van der Waals surface area contributed by atoms with E-state index in [1.54, 1.807) is 12.1 Å². The van der Waals surface area contributed by atoms with E-state index in [1.165, 1.54) is 12.8 Å². The van der Waals surface area contributed by atoms with Crippen LogP contribution in [0, 0.1) is 15.5 Å². The predicted molar refractivity (Wildman–Crippen MR) is 82.7 cm³/mol. The third-order valence-electron chi connectivity index (χ3n) is 4.16. The Bertz CT molecular complexity index is 484. The summed E-state index contributed by atoms with van der Waals surface area (Å²) >= 11 is 4.43. The first-order valence-corrected chi connectivity index (χ1v) is 7.74. The maximum Gasteiger partial charge on any atom is 0.311 e. The van der Waals surface area contributed by atoms with Gasteiger partial charge in [-0.3, -0.25) is 10.1 Å². The highest BCUT2D eigenvalue weighted by molar-refractivity contribution is 7.80. The van der Waals surface area contributed by atoms with Crippen molar-refractivity contribution >= 4 is 18.3 Å². The lowest BCUT2D eigenvalue weighted by Crippen LogP contribution is -2.27. The van der Waals surface area contributed by atoms with E-state index in [1.807, 2.05) is 13.0 Å². The van der Waals surface area contributed by atoms with Crippen LogP contribution < -0.4 is 4.74 Å². The number of hydrogen-bond donors (Lipinski definition) is 1. The summed E-state index contributed by atoms with van der Waals surface area (Å²) in [5.41, 5.74) is 1.10. The molecular weight excluding hydrogens is 274 g/mol. The molecule has 0 bridgehead atoms. The maximum atomic E-state index is 11.1. The lowest BCUT2D eigenvalue weighted by molar-refractivity contribution is -0.386. The van der Waals surface area contributed by atoms with Gasteiger partial charge in [0.1, 0.15) is 0 Å². The molecule has 110 valence electrons. The lowest BCUT2D eigenvalue weighted by Gasteiger charge is -2.26. The molecule has 0 spiro atoms. The Balaban J connectivity index is 2.14. The Morgan fingerprint density at radius 3 is 2.65 bits per heavy atom. The fourth-order valence-electron chi connectivity index (χ4n) is 2.75. The minimum atomic E-state index is -0.365. The smallest absolute Gasteiger partial charge is 0.311 e. The Kier molecular flexibility index (Phi) is 4.91. The SMILES string of the molecule is CCc1ccc(OCC2(CS)CCCC2)c([N+](=O)[O-])c1. The van der Waals surface area contributed by atoms with Crippen LogP contribution in [0.5, 0.6) is 5.75 Å². The monoisotopic (exact) mass is 295 g/mol. The standard InChI is InChI=1S/C15H21NO3S/c1-2-12-5-6-14(13(9-12)16(17)18)19-10-15(11-20)7-3-4-8-15/h5-6,9,20H,2-4,7-8,10-11H2,1H3. The molecule has 2 rings (SSSR count). The molecule has 0 heterocycles. The van der Waals surface area contributed by atoms with Crippen molar-refractivity contribution in [2.75, 3.05) is 12.4 Å². The van der Waals surface area contributed by atoms with Crippen LogP contribution in [0.25, 0.3) is 0 Å². The third-order valence-corrected chi connectivity index (χ3v) is 4.83. The van der Waals surface area contributed by atoms with Crippen LogP contribution in [0.15, 0.2) is 18.2 Å². The quantitative estimate of drug-likeness (QED) is 0.490. The van der Waals surface area contributed by atoms with E-state index in [2.05, 4.69) is 12.6 Å². The van der Waals surface area contributed by atoms with Gasteiger partial charge in [-0.15, -0.1) is 0 Å². The van der Waals surface area contributed by atoms with Crippen molar-refractivity contribution in [3.8, 4) is 5.75 Å². The molecule has 0 radical (unpaired) electrons. The number of ether oxygens (including phenoxy) is 1. The molecular formula is C15H21NO3S. The van der Waals surface area contributed by atoms with Gasteiger partial charge in [0.2, 0.25) is 0 Å². The highest BCUT2D eigenvalue weighted by Crippen LogP contribution is 2.40. The van der Waals surface area contributed by atoms with E-state index in [0.29, 0.717) is 12.4 Å². The zero-order valence-electron chi connectivity index (χ0n) is 11.8. The van der Waals surface area contributed by atoms with E-state index in [0.717, 1.165) is 30.6 Å². The number of aryl methyl sites for hydroxylation is 1. The number of hydrogen-bond acceptors (Lipinski definition) is 4. The van der Waals surface area contributed by atoms with Crippen LogP contribution in [0.4, 0.5) is 5.69 Å². The van der Waals surface area contributed by atoms with Gasteiger partial charge in [-0.2, -0.15) is 12.6 Å². The Morgan fingerprint density at radius 2 is 2.10 bits per heavy atom. The van der Waals surface area contributed by atoms with Crippen molar-refractivity contribution in [2.45, 2.75) is 39.0 Å². The van der Waals surface area contributed by atoms with E-state index >= 15 is 0 Å². The Morgan fingerprint density at radius 1 is 1.40 bits per heavy atom. The molecule has 1 fully saturated rings. The molecule has 0 aliphatic heterocycles. The Labute approximate surface area is 125 Å². The normalized spacial score (nSPS) is 17.1. The minimum absolute atomic E-state index is 0.0664. The van der Waals surface area contributed by atoms with Gasteiger partial charge in [-0.05, 0) is 36.6 Å². The van der Waals surface area contributed by atoms with Crippen LogP contribution in [0.1, 0.15) is 38.2 Å². The molecule has 1 aliphatic rings. The van der Waals surface area contributed by atoms with Crippen molar-refractivity contribution in [3.05, 3.63) is 33.9 Å². The van der Waals surface area contributed by atoms with Gasteiger partial charge in [0.05, 0.1) is 11.5 Å². The van der Waals surface area contributed by atoms with Crippen LogP contribution in [-0.4, -0.2) is 17.3 Å². The molecule has 0 unspecified atom stereocenters. The highest BCUT2D eigenvalue weighted by atomic mass is 32.1. The summed E-state index contributed by atoms with van der Waals surface area (Å²) in [5, 5.41) is 11.1. The molecule has 0 aromatic heterocycles. The molecule has 1 saturated carbocycles. The minimum Gasteiger partial charge on any atom is -0.486 e. The van der Waals surface area contributed by atoms with Crippen LogP contribution in [0.2, 0.25) is 0 Å². The number of benzene rings is 1. The number of nitro groups is 1. The zero-order chi connectivity index (χ0) is 14.6. The van der Waals surface area contributed by atoms with Crippen LogP contribution >= 0.6 is 12.6 Å². The van der Waals surface area contributed by atoms with Gasteiger partial charge in [0.25, 0.3) is 0 Å². The average molecular weight is 295 g/mol. The summed E-state index contributed by atoms with van der Waals surface area (Å²) in [6.07, 6.45) is 5.36. The number of thiol groups is 1.